The first kappa shape index (κ1) is 8.03. The fourth-order valence-corrected chi connectivity index (χ4v) is 0.716. The van der Waals surface area contributed by atoms with Crippen molar-refractivity contribution in [3.05, 3.63) is 34.8 Å². The summed E-state index contributed by atoms with van der Waals surface area (Å²) in [6.07, 6.45) is -0.197. The molecule has 0 radical (unpaired) electrons. The minimum absolute atomic E-state index is 0.0139. The van der Waals surface area contributed by atoms with E-state index in [1.54, 1.807) is 6.07 Å². The smallest absolute Gasteiger partial charge is 0.422 e. The number of carbonyl (C=O) groups excluding carboxylic acids is 1. The Kier molecular flexibility index (Phi) is 2.25. The van der Waals surface area contributed by atoms with Crippen molar-refractivity contribution in [3.63, 3.8) is 0 Å². The van der Waals surface area contributed by atoms with E-state index in [4.69, 9.17) is 5.53 Å². The average molecular weight is 164 g/mol. The number of carboxylic acid groups (broad SMARTS) is 1. The third-order valence-electron chi connectivity index (χ3n) is 1.18. The molecule has 0 amide bonds. The summed E-state index contributed by atoms with van der Waals surface area (Å²) < 4.78 is 0.722. The zero-order valence-corrected chi connectivity index (χ0v) is 5.91. The Hall–Kier alpha value is -2.07. The van der Waals surface area contributed by atoms with Crippen LogP contribution in [0.1, 0.15) is 0 Å². The molecule has 1 aromatic rings. The van der Waals surface area contributed by atoms with E-state index in [0.717, 1.165) is 4.57 Å². The van der Waals surface area contributed by atoms with E-state index >= 15 is 0 Å². The van der Waals surface area contributed by atoms with Gasteiger partial charge in [0.15, 0.2) is 0 Å². The van der Waals surface area contributed by atoms with Crippen LogP contribution in [0.5, 0.6) is 0 Å². The standard InChI is InChI=1S/C6H4N4O2/c7-9-8-5-3-1-2-4-10(5)6(11)12/h1-4H. The molecule has 12 heavy (non-hydrogen) atoms. The Morgan fingerprint density at radius 2 is 2.42 bits per heavy atom. The highest BCUT2D eigenvalue weighted by Crippen LogP contribution is 2.01. The molecule has 0 fully saturated rings. The Bertz CT molecular complexity index is 335. The first-order chi connectivity index (χ1) is 5.75. The van der Waals surface area contributed by atoms with Gasteiger partial charge in [-0.15, -0.1) is 0 Å². The zero-order chi connectivity index (χ0) is 8.97. The van der Waals surface area contributed by atoms with Crippen molar-refractivity contribution in [2.24, 2.45) is 5.11 Å². The highest BCUT2D eigenvalue weighted by atomic mass is 16.4. The summed E-state index contributed by atoms with van der Waals surface area (Å²) in [5.41, 5.74) is 8.06. The van der Waals surface area contributed by atoms with Crippen LogP contribution in [0, 0.1) is 0 Å². The molecule has 60 valence electrons. The summed E-state index contributed by atoms with van der Waals surface area (Å²) in [5.74, 6) is -0.0139. The topological polar surface area (TPSA) is 92.8 Å². The summed E-state index contributed by atoms with van der Waals surface area (Å²) in [6, 6.07) is 4.42. The number of nitrogens with zero attached hydrogens (tertiary/aromatic N) is 4. The molecule has 0 unspecified atom stereocenters. The van der Waals surface area contributed by atoms with Gasteiger partial charge in [0.05, 0.1) is 6.20 Å². The highest BCUT2D eigenvalue weighted by Gasteiger charge is 2.13. The van der Waals surface area contributed by atoms with Gasteiger partial charge >= 0.3 is 10.9 Å². The van der Waals surface area contributed by atoms with E-state index in [0.29, 0.717) is 0 Å². The number of pyridine rings is 1. The van der Waals surface area contributed by atoms with Crippen LogP contribution in [0.4, 0.5) is 10.6 Å². The Morgan fingerprint density at radius 1 is 1.67 bits per heavy atom. The lowest BCUT2D eigenvalue weighted by molar-refractivity contribution is -0.619. The molecule has 0 saturated heterocycles. The van der Waals surface area contributed by atoms with Gasteiger partial charge in [0, 0.05) is 11.6 Å². The van der Waals surface area contributed by atoms with Gasteiger partial charge < -0.3 is 9.90 Å². The number of carbonyl (C=O) groups is 1. The van der Waals surface area contributed by atoms with Gasteiger partial charge in [-0.1, -0.05) is 6.07 Å². The van der Waals surface area contributed by atoms with Crippen molar-refractivity contribution in [1.82, 2.24) is 0 Å². The van der Waals surface area contributed by atoms with E-state index in [-0.39, 0.29) is 5.82 Å². The van der Waals surface area contributed by atoms with E-state index < -0.39 is 6.09 Å². The monoisotopic (exact) mass is 164 g/mol. The maximum Gasteiger partial charge on any atom is 0.422 e. The highest BCUT2D eigenvalue weighted by molar-refractivity contribution is 5.53. The largest absolute Gasteiger partial charge is 0.510 e. The molecule has 0 aromatic carbocycles. The molecule has 0 bridgehead atoms. The van der Waals surface area contributed by atoms with Gasteiger partial charge in [0.25, 0.3) is 0 Å². The lowest BCUT2D eigenvalue weighted by Crippen LogP contribution is -2.51. The van der Waals surface area contributed by atoms with Crippen molar-refractivity contribution in [3.8, 4) is 0 Å². The van der Waals surface area contributed by atoms with Crippen molar-refractivity contribution in [2.75, 3.05) is 0 Å². The maximum atomic E-state index is 10.4. The molecule has 0 aliphatic rings. The number of hydrogen-bond donors (Lipinski definition) is 0. The lowest BCUT2D eigenvalue weighted by Gasteiger charge is -1.95. The minimum Gasteiger partial charge on any atom is -0.510 e. The SMILES string of the molecule is [N-]=[N+]=Nc1cccc[n+]1C(=O)[O-]. The van der Waals surface area contributed by atoms with Crippen molar-refractivity contribution >= 4 is 11.9 Å². The molecule has 0 aliphatic carbocycles. The van der Waals surface area contributed by atoms with Crippen molar-refractivity contribution in [1.29, 1.82) is 0 Å². The molecule has 1 aromatic heterocycles. The Labute approximate surface area is 67.3 Å². The molecule has 1 rings (SSSR count). The Balaban J connectivity index is 3.26. The molecule has 0 spiro atoms. The lowest BCUT2D eigenvalue weighted by atomic mass is 10.4. The van der Waals surface area contributed by atoms with Gasteiger partial charge in [-0.3, -0.25) is 0 Å². The molecular weight excluding hydrogens is 160 g/mol. The van der Waals surface area contributed by atoms with Crippen molar-refractivity contribution in [2.45, 2.75) is 0 Å². The number of hydrogen-bond acceptors (Lipinski definition) is 3. The third-order valence-corrected chi connectivity index (χ3v) is 1.18. The molecule has 0 saturated carbocycles. The molecule has 6 nitrogen and oxygen atoms in total. The first-order valence-corrected chi connectivity index (χ1v) is 3.03. The molecule has 1 heterocycles. The molecule has 0 aliphatic heterocycles. The molecular formula is C6H4N4O2. The summed E-state index contributed by atoms with van der Waals surface area (Å²) in [6.45, 7) is 0. The van der Waals surface area contributed by atoms with Gasteiger partial charge in [-0.05, 0) is 6.07 Å². The first-order valence-electron chi connectivity index (χ1n) is 3.03. The van der Waals surface area contributed by atoms with Crippen LogP contribution in [0.2, 0.25) is 0 Å². The Morgan fingerprint density at radius 3 is 3.00 bits per heavy atom. The van der Waals surface area contributed by atoms with Crippen LogP contribution in [-0.2, 0) is 0 Å². The second kappa shape index (κ2) is 3.36. The van der Waals surface area contributed by atoms with Crippen LogP contribution in [0.15, 0.2) is 29.5 Å². The molecule has 0 N–H and O–H groups in total. The summed E-state index contributed by atoms with van der Waals surface area (Å²) in [5, 5.41) is 13.5. The predicted molar refractivity (Wildman–Crippen MR) is 36.2 cm³/mol. The van der Waals surface area contributed by atoms with Crippen molar-refractivity contribution < 1.29 is 14.5 Å². The van der Waals surface area contributed by atoms with Crippen LogP contribution >= 0.6 is 0 Å². The summed E-state index contributed by atoms with van der Waals surface area (Å²) in [7, 11) is 0. The summed E-state index contributed by atoms with van der Waals surface area (Å²) in [4.78, 5) is 12.8. The normalized spacial score (nSPS) is 8.67. The summed E-state index contributed by atoms with van der Waals surface area (Å²) >= 11 is 0. The zero-order valence-electron chi connectivity index (χ0n) is 5.91. The number of azide groups is 1. The van der Waals surface area contributed by atoms with Crippen LogP contribution in [-0.4, -0.2) is 6.09 Å². The second-order valence-electron chi connectivity index (χ2n) is 1.88. The van der Waals surface area contributed by atoms with E-state index in [1.807, 2.05) is 0 Å². The van der Waals surface area contributed by atoms with Gasteiger partial charge in [-0.2, -0.15) is 4.57 Å². The van der Waals surface area contributed by atoms with E-state index in [9.17, 15) is 9.90 Å². The fraction of sp³-hybridized carbons (Fsp3) is 0. The molecule has 0 atom stereocenters. The van der Waals surface area contributed by atoms with Gasteiger partial charge in [0.2, 0.25) is 11.0 Å². The van der Waals surface area contributed by atoms with Gasteiger partial charge in [0.1, 0.15) is 0 Å². The average Bonchev–Trinajstić information content (AvgIpc) is 2.05. The van der Waals surface area contributed by atoms with Crippen LogP contribution < -0.4 is 9.67 Å². The fourth-order valence-electron chi connectivity index (χ4n) is 0.716. The predicted octanol–water partition coefficient (Wildman–Crippen LogP) is 0.107. The quantitative estimate of drug-likeness (QED) is 0.255. The number of rotatable bonds is 1. The number of aromatic nitrogens is 1. The van der Waals surface area contributed by atoms with Crippen LogP contribution in [0.25, 0.3) is 10.4 Å². The second-order valence-corrected chi connectivity index (χ2v) is 1.88. The molecule has 6 heteroatoms. The van der Waals surface area contributed by atoms with E-state index in [1.165, 1.54) is 18.3 Å². The van der Waals surface area contributed by atoms with Gasteiger partial charge in [-0.25, -0.2) is 0 Å². The maximum absolute atomic E-state index is 10.4. The third kappa shape index (κ3) is 1.50. The van der Waals surface area contributed by atoms with Crippen LogP contribution in [0.3, 0.4) is 0 Å². The van der Waals surface area contributed by atoms with E-state index in [2.05, 4.69) is 10.0 Å². The minimum atomic E-state index is -1.43.